The van der Waals surface area contributed by atoms with Crippen molar-refractivity contribution in [2.75, 3.05) is 7.05 Å². The van der Waals surface area contributed by atoms with Crippen molar-refractivity contribution in [2.45, 2.75) is 56.8 Å². The highest BCUT2D eigenvalue weighted by Gasteiger charge is 2.37. The lowest BCUT2D eigenvalue weighted by molar-refractivity contribution is -0.139. The first-order chi connectivity index (χ1) is 10.9. The number of ether oxygens (including phenoxy) is 1. The normalized spacial score (nSPS) is 27.6. The van der Waals surface area contributed by atoms with Gasteiger partial charge >= 0.3 is 0 Å². The van der Waals surface area contributed by atoms with Gasteiger partial charge in [0, 0.05) is 25.2 Å². The number of benzene rings is 1. The van der Waals surface area contributed by atoms with Crippen LogP contribution in [-0.4, -0.2) is 42.1 Å². The molecule has 0 aromatic heterocycles. The summed E-state index contributed by atoms with van der Waals surface area (Å²) in [6.07, 6.45) is 3.71. The van der Waals surface area contributed by atoms with Crippen molar-refractivity contribution >= 4 is 17.5 Å². The van der Waals surface area contributed by atoms with Crippen molar-refractivity contribution in [1.29, 1.82) is 0 Å². The number of hydrogen-bond acceptors (Lipinski definition) is 3. The third kappa shape index (κ3) is 3.61. The lowest BCUT2D eigenvalue weighted by Crippen LogP contribution is -2.51. The van der Waals surface area contributed by atoms with Gasteiger partial charge in [-0.2, -0.15) is 0 Å². The van der Waals surface area contributed by atoms with E-state index in [0.29, 0.717) is 17.8 Å². The second-order valence-electron chi connectivity index (χ2n) is 6.55. The van der Waals surface area contributed by atoms with Crippen LogP contribution in [-0.2, 0) is 4.79 Å². The lowest BCUT2D eigenvalue weighted by Gasteiger charge is -2.36. The molecule has 2 heterocycles. The third-order valence-corrected chi connectivity index (χ3v) is 5.18. The molecule has 1 aromatic carbocycles. The largest absolute Gasteiger partial charge is 0.479 e. The van der Waals surface area contributed by atoms with Crippen LogP contribution >= 0.6 is 11.6 Å². The Morgan fingerprint density at radius 2 is 2.04 bits per heavy atom. The van der Waals surface area contributed by atoms with Crippen LogP contribution in [0.1, 0.15) is 32.6 Å². The van der Waals surface area contributed by atoms with E-state index in [2.05, 4.69) is 5.32 Å². The van der Waals surface area contributed by atoms with Crippen molar-refractivity contribution in [1.82, 2.24) is 10.2 Å². The first kappa shape index (κ1) is 16.5. The molecule has 0 spiro atoms. The van der Waals surface area contributed by atoms with E-state index in [-0.39, 0.29) is 17.0 Å². The zero-order valence-electron chi connectivity index (χ0n) is 13.4. The number of carbonyl (C=O) groups excluding carboxylic acids is 1. The SMILES string of the molecule is CC(Oc1ccc(F)cc1Cl)C(=O)N(C)C1CC2CCC(C1)N2. The number of hydrogen-bond donors (Lipinski definition) is 1. The van der Waals surface area contributed by atoms with E-state index in [1.165, 1.54) is 31.0 Å². The van der Waals surface area contributed by atoms with Gasteiger partial charge in [-0.3, -0.25) is 4.79 Å². The van der Waals surface area contributed by atoms with Crippen LogP contribution < -0.4 is 10.1 Å². The molecule has 3 atom stereocenters. The van der Waals surface area contributed by atoms with Gasteiger partial charge in [-0.15, -0.1) is 0 Å². The summed E-state index contributed by atoms with van der Waals surface area (Å²) in [6, 6.07) is 5.20. The van der Waals surface area contributed by atoms with Crippen LogP contribution in [0.25, 0.3) is 0 Å². The fraction of sp³-hybridized carbons (Fsp3) is 0.588. The van der Waals surface area contributed by atoms with Crippen LogP contribution in [0.5, 0.6) is 5.75 Å². The maximum atomic E-state index is 13.1. The van der Waals surface area contributed by atoms with Crippen LogP contribution in [0.15, 0.2) is 18.2 Å². The summed E-state index contributed by atoms with van der Waals surface area (Å²) in [5.41, 5.74) is 0. The van der Waals surface area contributed by atoms with Crippen molar-refractivity contribution in [3.8, 4) is 5.75 Å². The predicted molar refractivity (Wildman–Crippen MR) is 87.2 cm³/mol. The minimum atomic E-state index is -0.657. The molecule has 2 aliphatic rings. The number of rotatable bonds is 4. The van der Waals surface area contributed by atoms with Gasteiger partial charge in [0.25, 0.3) is 5.91 Å². The number of fused-ring (bicyclic) bond motifs is 2. The summed E-state index contributed by atoms with van der Waals surface area (Å²) >= 11 is 5.95. The predicted octanol–water partition coefficient (Wildman–Crippen LogP) is 2.99. The maximum absolute atomic E-state index is 13.1. The maximum Gasteiger partial charge on any atom is 0.263 e. The van der Waals surface area contributed by atoms with Crippen LogP contribution in [0.2, 0.25) is 5.02 Å². The van der Waals surface area contributed by atoms with E-state index in [4.69, 9.17) is 16.3 Å². The summed E-state index contributed by atoms with van der Waals surface area (Å²) in [5.74, 6) is -0.173. The Bertz CT molecular complexity index is 586. The Morgan fingerprint density at radius 3 is 2.65 bits per heavy atom. The molecule has 23 heavy (non-hydrogen) atoms. The summed E-state index contributed by atoms with van der Waals surface area (Å²) in [4.78, 5) is 14.4. The van der Waals surface area contributed by atoms with Crippen molar-refractivity contribution < 1.29 is 13.9 Å². The molecule has 3 unspecified atom stereocenters. The molecular weight excluding hydrogens is 319 g/mol. The van der Waals surface area contributed by atoms with Crippen molar-refractivity contribution in [3.63, 3.8) is 0 Å². The highest BCUT2D eigenvalue weighted by atomic mass is 35.5. The molecule has 6 heteroatoms. The molecule has 2 fully saturated rings. The fourth-order valence-corrected chi connectivity index (χ4v) is 3.83. The van der Waals surface area contributed by atoms with Gasteiger partial charge in [-0.05, 0) is 50.8 Å². The Hall–Kier alpha value is -1.33. The van der Waals surface area contributed by atoms with Crippen LogP contribution in [0.4, 0.5) is 4.39 Å². The highest BCUT2D eigenvalue weighted by Crippen LogP contribution is 2.30. The zero-order chi connectivity index (χ0) is 16.6. The number of amides is 1. The molecule has 2 aliphatic heterocycles. The Kier molecular flexibility index (Phi) is 4.78. The molecule has 1 aromatic rings. The summed E-state index contributed by atoms with van der Waals surface area (Å²) in [6.45, 7) is 1.70. The van der Waals surface area contributed by atoms with Gasteiger partial charge in [0.15, 0.2) is 6.10 Å². The molecule has 1 amide bonds. The topological polar surface area (TPSA) is 41.6 Å². The summed E-state index contributed by atoms with van der Waals surface area (Å²) in [7, 11) is 1.84. The Balaban J connectivity index is 1.62. The first-order valence-electron chi connectivity index (χ1n) is 8.08. The fourth-order valence-electron chi connectivity index (χ4n) is 3.62. The molecule has 0 saturated carbocycles. The van der Waals surface area contributed by atoms with Gasteiger partial charge in [0.05, 0.1) is 5.02 Å². The van der Waals surface area contributed by atoms with Gasteiger partial charge in [-0.25, -0.2) is 4.39 Å². The number of halogens is 2. The molecular formula is C17H22ClFN2O2. The Labute approximate surface area is 140 Å². The zero-order valence-corrected chi connectivity index (χ0v) is 14.1. The highest BCUT2D eigenvalue weighted by molar-refractivity contribution is 6.32. The smallest absolute Gasteiger partial charge is 0.263 e. The molecule has 0 aliphatic carbocycles. The molecule has 126 valence electrons. The molecule has 2 saturated heterocycles. The minimum Gasteiger partial charge on any atom is -0.479 e. The van der Waals surface area contributed by atoms with E-state index in [1.54, 1.807) is 11.8 Å². The number of piperidine rings is 1. The van der Waals surface area contributed by atoms with E-state index in [9.17, 15) is 9.18 Å². The second-order valence-corrected chi connectivity index (χ2v) is 6.95. The van der Waals surface area contributed by atoms with Crippen LogP contribution in [0, 0.1) is 5.82 Å². The van der Waals surface area contributed by atoms with Gasteiger partial charge in [-0.1, -0.05) is 11.6 Å². The van der Waals surface area contributed by atoms with Crippen molar-refractivity contribution in [2.24, 2.45) is 0 Å². The third-order valence-electron chi connectivity index (χ3n) is 4.89. The number of nitrogens with zero attached hydrogens (tertiary/aromatic N) is 1. The van der Waals surface area contributed by atoms with E-state index in [1.807, 2.05) is 7.05 Å². The van der Waals surface area contributed by atoms with E-state index >= 15 is 0 Å². The van der Waals surface area contributed by atoms with Crippen molar-refractivity contribution in [3.05, 3.63) is 29.0 Å². The average molecular weight is 341 g/mol. The first-order valence-corrected chi connectivity index (χ1v) is 8.46. The standard InChI is InChI=1S/C17H22ClFN2O2/c1-10(23-16-6-3-11(19)7-15(16)18)17(22)21(2)14-8-12-4-5-13(9-14)20-12/h3,6-7,10,12-14,20H,4-5,8-9H2,1-2H3. The molecule has 3 rings (SSSR count). The summed E-state index contributed by atoms with van der Waals surface area (Å²) in [5, 5.41) is 3.75. The number of nitrogens with one attached hydrogen (secondary N) is 1. The summed E-state index contributed by atoms with van der Waals surface area (Å²) < 4.78 is 18.7. The molecule has 4 nitrogen and oxygen atoms in total. The van der Waals surface area contributed by atoms with E-state index in [0.717, 1.165) is 12.8 Å². The monoisotopic (exact) mass is 340 g/mol. The lowest BCUT2D eigenvalue weighted by atomic mass is 9.98. The average Bonchev–Trinajstić information content (AvgIpc) is 2.86. The number of carbonyl (C=O) groups is 1. The second kappa shape index (κ2) is 6.65. The molecule has 2 bridgehead atoms. The van der Waals surface area contributed by atoms with Gasteiger partial charge < -0.3 is 15.0 Å². The van der Waals surface area contributed by atoms with Gasteiger partial charge in [0.1, 0.15) is 11.6 Å². The molecule has 0 radical (unpaired) electrons. The number of likely N-dealkylation sites (N-methyl/N-ethyl adjacent to an activating group) is 1. The minimum absolute atomic E-state index is 0.0725. The van der Waals surface area contributed by atoms with E-state index < -0.39 is 11.9 Å². The van der Waals surface area contributed by atoms with Gasteiger partial charge in [0.2, 0.25) is 0 Å². The Morgan fingerprint density at radius 1 is 1.39 bits per heavy atom. The van der Waals surface area contributed by atoms with Crippen LogP contribution in [0.3, 0.4) is 0 Å². The molecule has 1 N–H and O–H groups in total. The quantitative estimate of drug-likeness (QED) is 0.916.